The molecule has 0 spiro atoms. The van der Waals surface area contributed by atoms with Gasteiger partial charge in [0.2, 0.25) is 0 Å². The molecule has 0 aromatic heterocycles. The Hall–Kier alpha value is -1.79. The Bertz CT molecular complexity index is 556. The molecule has 116 valence electrons. The van der Waals surface area contributed by atoms with Gasteiger partial charge < -0.3 is 5.32 Å². The molecule has 1 aromatic carbocycles. The van der Waals surface area contributed by atoms with E-state index in [9.17, 15) is 23.3 Å². The molecule has 0 heterocycles. The smallest absolute Gasteiger partial charge is 0.382 e. The molecule has 4 nitrogen and oxygen atoms in total. The van der Waals surface area contributed by atoms with Crippen LogP contribution in [0.15, 0.2) is 18.2 Å². The number of nitrogens with one attached hydrogen (secondary N) is 1. The zero-order valence-electron chi connectivity index (χ0n) is 11.8. The van der Waals surface area contributed by atoms with E-state index >= 15 is 0 Å². The van der Waals surface area contributed by atoms with Crippen molar-refractivity contribution in [3.8, 4) is 0 Å². The molecule has 0 aliphatic heterocycles. The number of nitrogens with zero attached hydrogens (tertiary/aromatic N) is 1. The van der Waals surface area contributed by atoms with Gasteiger partial charge in [0.25, 0.3) is 5.69 Å². The normalized spacial score (nSPS) is 21.3. The van der Waals surface area contributed by atoms with Gasteiger partial charge >= 0.3 is 6.18 Å². The molecule has 1 aromatic rings. The first-order chi connectivity index (χ1) is 9.58. The standard InChI is InChI=1S/C14H17F3N2O2/c1-13(2)6-5-10(8-13)18-9-3-4-12(19(20)21)11(7-9)14(15,16)17/h3-4,7,10,18H,5-6,8H2,1-2H3. The lowest BCUT2D eigenvalue weighted by Crippen LogP contribution is -2.18. The Labute approximate surface area is 120 Å². The molecular weight excluding hydrogens is 285 g/mol. The number of alkyl halides is 3. The van der Waals surface area contributed by atoms with Crippen molar-refractivity contribution in [3.05, 3.63) is 33.9 Å². The molecule has 1 unspecified atom stereocenters. The van der Waals surface area contributed by atoms with Crippen LogP contribution in [0.1, 0.15) is 38.7 Å². The Kier molecular flexibility index (Phi) is 3.86. The maximum atomic E-state index is 12.9. The highest BCUT2D eigenvalue weighted by molar-refractivity contribution is 5.55. The SMILES string of the molecule is CC1(C)CCC(Nc2ccc([N+](=O)[O-])c(C(F)(F)F)c2)C1. The number of hydrogen-bond donors (Lipinski definition) is 1. The monoisotopic (exact) mass is 302 g/mol. The Balaban J connectivity index is 2.24. The van der Waals surface area contributed by atoms with Gasteiger partial charge in [-0.15, -0.1) is 0 Å². The average Bonchev–Trinajstić information content (AvgIpc) is 2.67. The van der Waals surface area contributed by atoms with E-state index in [0.717, 1.165) is 31.4 Å². The first-order valence-corrected chi connectivity index (χ1v) is 6.71. The highest BCUT2D eigenvalue weighted by atomic mass is 19.4. The van der Waals surface area contributed by atoms with Crippen LogP contribution in [-0.4, -0.2) is 11.0 Å². The van der Waals surface area contributed by atoms with Crippen molar-refractivity contribution in [3.63, 3.8) is 0 Å². The number of benzene rings is 1. The van der Waals surface area contributed by atoms with Gasteiger partial charge in [0.05, 0.1) is 4.92 Å². The molecule has 2 rings (SSSR count). The average molecular weight is 302 g/mol. The van der Waals surface area contributed by atoms with E-state index < -0.39 is 22.4 Å². The molecule has 0 radical (unpaired) electrons. The predicted molar refractivity (Wildman–Crippen MR) is 73.1 cm³/mol. The molecule has 1 atom stereocenters. The minimum Gasteiger partial charge on any atom is -0.382 e. The van der Waals surface area contributed by atoms with Crippen molar-refractivity contribution in [1.82, 2.24) is 0 Å². The number of nitro benzene ring substituents is 1. The second kappa shape index (κ2) is 5.20. The van der Waals surface area contributed by atoms with Crippen molar-refractivity contribution in [2.75, 3.05) is 5.32 Å². The molecule has 0 bridgehead atoms. The largest absolute Gasteiger partial charge is 0.423 e. The topological polar surface area (TPSA) is 55.2 Å². The van der Waals surface area contributed by atoms with Crippen LogP contribution in [-0.2, 0) is 6.18 Å². The minimum absolute atomic E-state index is 0.0996. The van der Waals surface area contributed by atoms with Crippen LogP contribution >= 0.6 is 0 Å². The molecule has 1 N–H and O–H groups in total. The third-order valence-electron chi connectivity index (χ3n) is 3.84. The fraction of sp³-hybridized carbons (Fsp3) is 0.571. The van der Waals surface area contributed by atoms with Crippen molar-refractivity contribution in [1.29, 1.82) is 0 Å². The number of anilines is 1. The van der Waals surface area contributed by atoms with E-state index in [0.29, 0.717) is 0 Å². The maximum Gasteiger partial charge on any atom is 0.423 e. The molecule has 0 amide bonds. The molecule has 21 heavy (non-hydrogen) atoms. The van der Waals surface area contributed by atoms with Crippen molar-refractivity contribution in [2.24, 2.45) is 5.41 Å². The van der Waals surface area contributed by atoms with Crippen LogP contribution in [0.5, 0.6) is 0 Å². The lowest BCUT2D eigenvalue weighted by atomic mass is 9.92. The van der Waals surface area contributed by atoms with Crippen LogP contribution in [0.2, 0.25) is 0 Å². The van der Waals surface area contributed by atoms with Gasteiger partial charge in [-0.25, -0.2) is 0 Å². The van der Waals surface area contributed by atoms with Gasteiger partial charge in [0.15, 0.2) is 0 Å². The van der Waals surface area contributed by atoms with Gasteiger partial charge in [-0.2, -0.15) is 13.2 Å². The summed E-state index contributed by atoms with van der Waals surface area (Å²) in [5.41, 5.74) is -1.68. The summed E-state index contributed by atoms with van der Waals surface area (Å²) < 4.78 is 38.7. The van der Waals surface area contributed by atoms with E-state index in [1.807, 2.05) is 0 Å². The zero-order valence-corrected chi connectivity index (χ0v) is 11.8. The molecule has 1 aliphatic rings. The van der Waals surface area contributed by atoms with Crippen LogP contribution in [0.25, 0.3) is 0 Å². The Morgan fingerprint density at radius 2 is 2.05 bits per heavy atom. The fourth-order valence-corrected chi connectivity index (χ4v) is 2.81. The molecule has 1 aliphatic carbocycles. The summed E-state index contributed by atoms with van der Waals surface area (Å²) in [4.78, 5) is 9.69. The van der Waals surface area contributed by atoms with Crippen LogP contribution in [0.4, 0.5) is 24.5 Å². The van der Waals surface area contributed by atoms with Gasteiger partial charge in [0, 0.05) is 17.8 Å². The Morgan fingerprint density at radius 1 is 1.38 bits per heavy atom. The van der Waals surface area contributed by atoms with E-state index in [1.165, 1.54) is 6.07 Å². The van der Waals surface area contributed by atoms with Crippen molar-refractivity contribution < 1.29 is 18.1 Å². The van der Waals surface area contributed by atoms with Crippen LogP contribution in [0.3, 0.4) is 0 Å². The summed E-state index contributed by atoms with van der Waals surface area (Å²) in [7, 11) is 0. The number of rotatable bonds is 3. The lowest BCUT2D eigenvalue weighted by Gasteiger charge is -2.19. The first kappa shape index (κ1) is 15.6. The highest BCUT2D eigenvalue weighted by Crippen LogP contribution is 2.40. The summed E-state index contributed by atoms with van der Waals surface area (Å²) in [6.45, 7) is 4.23. The van der Waals surface area contributed by atoms with Crippen molar-refractivity contribution in [2.45, 2.75) is 45.3 Å². The second-order valence-corrected chi connectivity index (χ2v) is 6.24. The van der Waals surface area contributed by atoms with Gasteiger partial charge in [-0.3, -0.25) is 10.1 Å². The van der Waals surface area contributed by atoms with Crippen molar-refractivity contribution >= 4 is 11.4 Å². The van der Waals surface area contributed by atoms with E-state index in [2.05, 4.69) is 19.2 Å². The predicted octanol–water partition coefficient (Wildman–Crippen LogP) is 4.60. The first-order valence-electron chi connectivity index (χ1n) is 6.71. The van der Waals surface area contributed by atoms with E-state index in [-0.39, 0.29) is 17.1 Å². The second-order valence-electron chi connectivity index (χ2n) is 6.24. The lowest BCUT2D eigenvalue weighted by molar-refractivity contribution is -0.388. The van der Waals surface area contributed by atoms with E-state index in [4.69, 9.17) is 0 Å². The minimum atomic E-state index is -4.74. The third kappa shape index (κ3) is 3.65. The molecule has 1 saturated carbocycles. The number of hydrogen-bond acceptors (Lipinski definition) is 3. The summed E-state index contributed by atoms with van der Waals surface area (Å²) in [6, 6.07) is 3.16. The fourth-order valence-electron chi connectivity index (χ4n) is 2.81. The number of halogens is 3. The van der Waals surface area contributed by atoms with Gasteiger partial charge in [-0.1, -0.05) is 13.8 Å². The zero-order chi connectivity index (χ0) is 15.8. The van der Waals surface area contributed by atoms with Gasteiger partial charge in [0.1, 0.15) is 5.56 Å². The molecule has 0 saturated heterocycles. The molecular formula is C14H17F3N2O2. The molecule has 1 fully saturated rings. The molecule has 7 heteroatoms. The highest BCUT2D eigenvalue weighted by Gasteiger charge is 2.39. The maximum absolute atomic E-state index is 12.9. The summed E-state index contributed by atoms with van der Waals surface area (Å²) >= 11 is 0. The summed E-state index contributed by atoms with van der Waals surface area (Å²) in [6.07, 6.45) is -1.99. The Morgan fingerprint density at radius 3 is 2.52 bits per heavy atom. The quantitative estimate of drug-likeness (QED) is 0.655. The number of nitro groups is 1. The third-order valence-corrected chi connectivity index (χ3v) is 3.84. The van der Waals surface area contributed by atoms with Crippen LogP contribution in [0, 0.1) is 15.5 Å². The van der Waals surface area contributed by atoms with Gasteiger partial charge in [-0.05, 0) is 36.8 Å². The van der Waals surface area contributed by atoms with E-state index in [1.54, 1.807) is 0 Å². The summed E-state index contributed by atoms with van der Waals surface area (Å²) in [5, 5.41) is 13.7. The summed E-state index contributed by atoms with van der Waals surface area (Å²) in [5.74, 6) is 0. The van der Waals surface area contributed by atoms with Crippen LogP contribution < -0.4 is 5.32 Å².